The number of imidazole rings is 1. The lowest BCUT2D eigenvalue weighted by Gasteiger charge is -2.16. The zero-order valence-corrected chi connectivity index (χ0v) is 14.8. The van der Waals surface area contributed by atoms with Gasteiger partial charge in [0.15, 0.2) is 4.96 Å². The van der Waals surface area contributed by atoms with E-state index in [2.05, 4.69) is 39.1 Å². The Morgan fingerprint density at radius 3 is 3.12 bits per heavy atom. The highest BCUT2D eigenvalue weighted by molar-refractivity contribution is 7.15. The molecule has 3 aromatic heterocycles. The molecular weight excluding hydrogens is 346 g/mol. The van der Waals surface area contributed by atoms with Crippen LogP contribution in [0.3, 0.4) is 0 Å². The average molecular weight is 363 g/mol. The Morgan fingerprint density at radius 1 is 1.27 bits per heavy atom. The topological polar surface area (TPSA) is 64.2 Å². The van der Waals surface area contributed by atoms with Crippen LogP contribution in [-0.4, -0.2) is 25.1 Å². The van der Waals surface area contributed by atoms with Gasteiger partial charge in [-0.05, 0) is 17.2 Å². The maximum Gasteiger partial charge on any atom is 0.221 e. The minimum absolute atomic E-state index is 0.00493. The summed E-state index contributed by atoms with van der Waals surface area (Å²) < 4.78 is 4.03. The van der Waals surface area contributed by atoms with E-state index in [1.807, 2.05) is 28.5 Å². The third-order valence-corrected chi connectivity index (χ3v) is 5.56. The number of fused-ring (bicyclic) bond motifs is 3. The van der Waals surface area contributed by atoms with Crippen LogP contribution in [0, 0.1) is 0 Å². The number of aromatic nitrogens is 4. The Hall–Kier alpha value is -2.93. The molecule has 1 N–H and O–H groups in total. The Bertz CT molecular complexity index is 1080. The summed E-state index contributed by atoms with van der Waals surface area (Å²) >= 11 is 1.62. The number of hydrogen-bond donors (Lipinski definition) is 1. The van der Waals surface area contributed by atoms with Gasteiger partial charge in [0.2, 0.25) is 5.91 Å². The molecule has 4 heterocycles. The molecule has 26 heavy (non-hydrogen) atoms. The van der Waals surface area contributed by atoms with Gasteiger partial charge >= 0.3 is 0 Å². The fourth-order valence-corrected chi connectivity index (χ4v) is 4.39. The molecule has 1 amide bonds. The van der Waals surface area contributed by atoms with Gasteiger partial charge in [0.25, 0.3) is 0 Å². The molecule has 1 atom stereocenters. The van der Waals surface area contributed by atoms with Crippen molar-refractivity contribution < 1.29 is 4.79 Å². The molecule has 0 saturated carbocycles. The highest BCUT2D eigenvalue weighted by Crippen LogP contribution is 2.34. The minimum atomic E-state index is -0.00493. The fraction of sp³-hybridized carbons (Fsp3) is 0.211. The first-order valence-corrected chi connectivity index (χ1v) is 9.43. The summed E-state index contributed by atoms with van der Waals surface area (Å²) in [6, 6.07) is 10.4. The molecule has 130 valence electrons. The Morgan fingerprint density at radius 2 is 2.23 bits per heavy atom. The molecule has 0 saturated heterocycles. The zero-order chi connectivity index (χ0) is 17.5. The molecule has 1 aliphatic rings. The average Bonchev–Trinajstić information content (AvgIpc) is 3.34. The van der Waals surface area contributed by atoms with Crippen LogP contribution in [0.4, 0.5) is 0 Å². The van der Waals surface area contributed by atoms with Crippen LogP contribution >= 0.6 is 11.3 Å². The largest absolute Gasteiger partial charge is 0.350 e. The number of nitrogens with zero attached hydrogens (tertiary/aromatic N) is 4. The smallest absolute Gasteiger partial charge is 0.221 e. The van der Waals surface area contributed by atoms with Crippen molar-refractivity contribution in [2.24, 2.45) is 0 Å². The molecule has 0 spiro atoms. The van der Waals surface area contributed by atoms with Crippen molar-refractivity contribution in [2.45, 2.75) is 25.4 Å². The van der Waals surface area contributed by atoms with Crippen LogP contribution in [0.25, 0.3) is 4.96 Å². The number of benzene rings is 1. The third-order valence-electron chi connectivity index (χ3n) is 4.81. The summed E-state index contributed by atoms with van der Waals surface area (Å²) in [5.74, 6) is 0.0594. The molecule has 1 aliphatic heterocycles. The van der Waals surface area contributed by atoms with Gasteiger partial charge in [-0.15, -0.1) is 11.3 Å². The lowest BCUT2D eigenvalue weighted by atomic mass is 9.90. The molecule has 7 heteroatoms. The molecule has 0 radical (unpaired) electrons. The SMILES string of the molecule is O=C1C[C@@H](c2cccc(Cn3cccn3)c2)c2c(nc3sccn23)CN1. The van der Waals surface area contributed by atoms with Gasteiger partial charge in [-0.1, -0.05) is 24.3 Å². The summed E-state index contributed by atoms with van der Waals surface area (Å²) in [4.78, 5) is 18.0. The third kappa shape index (κ3) is 2.61. The zero-order valence-electron chi connectivity index (χ0n) is 14.0. The summed E-state index contributed by atoms with van der Waals surface area (Å²) in [6.07, 6.45) is 6.21. The first-order chi connectivity index (χ1) is 12.8. The fourth-order valence-electron chi connectivity index (χ4n) is 3.65. The highest BCUT2D eigenvalue weighted by Gasteiger charge is 2.29. The van der Waals surface area contributed by atoms with E-state index in [1.165, 1.54) is 5.56 Å². The minimum Gasteiger partial charge on any atom is -0.350 e. The second-order valence-corrected chi connectivity index (χ2v) is 7.35. The predicted molar refractivity (Wildman–Crippen MR) is 99.1 cm³/mol. The standard InChI is InChI=1S/C19H17N5OS/c25-17-10-15(18-16(11-20-17)22-19-24(18)7-8-26-19)14-4-1-3-13(9-14)12-23-6-2-5-21-23/h1-9,15H,10-12H2,(H,20,25)/t15-/m0/s1. The second kappa shape index (κ2) is 6.10. The molecule has 0 fully saturated rings. The van der Waals surface area contributed by atoms with Gasteiger partial charge in [-0.3, -0.25) is 13.9 Å². The maximum atomic E-state index is 12.3. The Labute approximate surface area is 154 Å². The van der Waals surface area contributed by atoms with Crippen LogP contribution in [0.2, 0.25) is 0 Å². The summed E-state index contributed by atoms with van der Waals surface area (Å²) in [5.41, 5.74) is 4.39. The number of nitrogens with one attached hydrogen (secondary N) is 1. The van der Waals surface area contributed by atoms with Crippen molar-refractivity contribution in [1.29, 1.82) is 0 Å². The molecule has 6 nitrogen and oxygen atoms in total. The Kier molecular flexibility index (Phi) is 3.60. The first kappa shape index (κ1) is 15.3. The van der Waals surface area contributed by atoms with E-state index in [9.17, 15) is 4.79 Å². The van der Waals surface area contributed by atoms with E-state index in [-0.39, 0.29) is 11.8 Å². The second-order valence-electron chi connectivity index (χ2n) is 6.48. The number of amides is 1. The lowest BCUT2D eigenvalue weighted by Crippen LogP contribution is -2.21. The van der Waals surface area contributed by atoms with Gasteiger partial charge in [0.1, 0.15) is 0 Å². The summed E-state index contributed by atoms with van der Waals surface area (Å²) in [6.45, 7) is 1.21. The Balaban J connectivity index is 1.59. The van der Waals surface area contributed by atoms with Gasteiger partial charge < -0.3 is 5.32 Å². The molecule has 5 rings (SSSR count). The van der Waals surface area contributed by atoms with Crippen LogP contribution < -0.4 is 5.32 Å². The van der Waals surface area contributed by atoms with Crippen molar-refractivity contribution in [1.82, 2.24) is 24.5 Å². The number of carbonyl (C=O) groups is 1. The molecular formula is C19H17N5OS. The van der Waals surface area contributed by atoms with Crippen LogP contribution in [0.5, 0.6) is 0 Å². The number of rotatable bonds is 3. The van der Waals surface area contributed by atoms with Crippen molar-refractivity contribution >= 4 is 22.2 Å². The molecule has 4 aromatic rings. The van der Waals surface area contributed by atoms with Crippen molar-refractivity contribution in [2.75, 3.05) is 0 Å². The van der Waals surface area contributed by atoms with E-state index in [4.69, 9.17) is 4.98 Å². The first-order valence-electron chi connectivity index (χ1n) is 8.55. The normalized spacial score (nSPS) is 17.1. The quantitative estimate of drug-likeness (QED) is 0.609. The number of hydrogen-bond acceptors (Lipinski definition) is 4. The van der Waals surface area contributed by atoms with E-state index in [0.717, 1.165) is 21.9 Å². The molecule has 0 aliphatic carbocycles. The van der Waals surface area contributed by atoms with Gasteiger partial charge in [0, 0.05) is 36.3 Å². The monoisotopic (exact) mass is 363 g/mol. The van der Waals surface area contributed by atoms with Crippen molar-refractivity contribution in [3.63, 3.8) is 0 Å². The van der Waals surface area contributed by atoms with Crippen molar-refractivity contribution in [3.05, 3.63) is 76.8 Å². The van der Waals surface area contributed by atoms with Crippen LogP contribution in [0.15, 0.2) is 54.3 Å². The molecule has 0 unspecified atom stereocenters. The van der Waals surface area contributed by atoms with Crippen LogP contribution in [0.1, 0.15) is 34.9 Å². The van der Waals surface area contributed by atoms with E-state index >= 15 is 0 Å². The highest BCUT2D eigenvalue weighted by atomic mass is 32.1. The van der Waals surface area contributed by atoms with E-state index in [1.54, 1.807) is 17.5 Å². The number of carbonyl (C=O) groups excluding carboxylic acids is 1. The lowest BCUT2D eigenvalue weighted by molar-refractivity contribution is -0.121. The summed E-state index contributed by atoms with van der Waals surface area (Å²) in [7, 11) is 0. The maximum absolute atomic E-state index is 12.3. The van der Waals surface area contributed by atoms with E-state index < -0.39 is 0 Å². The molecule has 1 aromatic carbocycles. The van der Waals surface area contributed by atoms with E-state index in [0.29, 0.717) is 19.5 Å². The van der Waals surface area contributed by atoms with Crippen LogP contribution in [-0.2, 0) is 17.9 Å². The number of thiazole rings is 1. The van der Waals surface area contributed by atoms with Gasteiger partial charge in [-0.2, -0.15) is 5.10 Å². The van der Waals surface area contributed by atoms with Gasteiger partial charge in [0.05, 0.1) is 24.5 Å². The predicted octanol–water partition coefficient (Wildman–Crippen LogP) is 2.79. The molecule has 0 bridgehead atoms. The summed E-state index contributed by atoms with van der Waals surface area (Å²) in [5, 5.41) is 9.30. The van der Waals surface area contributed by atoms with Gasteiger partial charge in [-0.25, -0.2) is 4.98 Å². The van der Waals surface area contributed by atoms with Crippen molar-refractivity contribution in [3.8, 4) is 0 Å².